The minimum Gasteiger partial charge on any atom is -0.497 e. The number of hydrogen-bond acceptors (Lipinski definition) is 3. The molecule has 16 heavy (non-hydrogen) atoms. The highest BCUT2D eigenvalue weighted by atomic mass is 16.5. The predicted octanol–water partition coefficient (Wildman–Crippen LogP) is 2.69. The normalized spacial score (nSPS) is 11.2. The highest BCUT2D eigenvalue weighted by Gasteiger charge is 2.21. The summed E-state index contributed by atoms with van der Waals surface area (Å²) in [6.07, 6.45) is 0.371. The predicted molar refractivity (Wildman–Crippen MR) is 63.0 cm³/mol. The van der Waals surface area contributed by atoms with Crippen LogP contribution in [0.3, 0.4) is 0 Å². The Morgan fingerprint density at radius 3 is 2.19 bits per heavy atom. The molecule has 3 nitrogen and oxygen atoms in total. The summed E-state index contributed by atoms with van der Waals surface area (Å²) in [6.45, 7) is 3.79. The summed E-state index contributed by atoms with van der Waals surface area (Å²) >= 11 is 0. The van der Waals surface area contributed by atoms with Crippen LogP contribution in [0.4, 0.5) is 0 Å². The molecular formula is C13H18O3. The number of methoxy groups -OCH3 is 2. The average molecular weight is 222 g/mol. The van der Waals surface area contributed by atoms with E-state index in [1.165, 1.54) is 0 Å². The first kappa shape index (κ1) is 12.7. The smallest absolute Gasteiger partial charge is 0.165 e. The van der Waals surface area contributed by atoms with Gasteiger partial charge in [-0.3, -0.25) is 4.79 Å². The molecule has 0 N–H and O–H groups in total. The van der Waals surface area contributed by atoms with Gasteiger partial charge in [-0.05, 0) is 38.1 Å². The molecule has 0 aliphatic carbocycles. The van der Waals surface area contributed by atoms with E-state index in [0.717, 1.165) is 5.75 Å². The van der Waals surface area contributed by atoms with Crippen molar-refractivity contribution in [2.75, 3.05) is 14.2 Å². The van der Waals surface area contributed by atoms with Crippen molar-refractivity contribution >= 4 is 5.78 Å². The van der Waals surface area contributed by atoms with Crippen LogP contribution in [-0.2, 0) is 4.74 Å². The lowest BCUT2D eigenvalue weighted by atomic mass is 9.97. The molecule has 0 radical (unpaired) electrons. The molecule has 0 aromatic heterocycles. The van der Waals surface area contributed by atoms with Crippen molar-refractivity contribution in [3.8, 4) is 5.75 Å². The zero-order chi connectivity index (χ0) is 12.2. The van der Waals surface area contributed by atoms with E-state index in [2.05, 4.69) is 0 Å². The van der Waals surface area contributed by atoms with Crippen LogP contribution in [0.15, 0.2) is 24.3 Å². The molecule has 0 unspecified atom stereocenters. The summed E-state index contributed by atoms with van der Waals surface area (Å²) < 4.78 is 10.3. The van der Waals surface area contributed by atoms with E-state index < -0.39 is 5.60 Å². The summed E-state index contributed by atoms with van der Waals surface area (Å²) in [4.78, 5) is 11.9. The molecule has 0 atom stereocenters. The van der Waals surface area contributed by atoms with E-state index in [1.807, 2.05) is 13.8 Å². The highest BCUT2D eigenvalue weighted by molar-refractivity contribution is 5.96. The van der Waals surface area contributed by atoms with Crippen molar-refractivity contribution in [2.24, 2.45) is 0 Å². The fraction of sp³-hybridized carbons (Fsp3) is 0.462. The lowest BCUT2D eigenvalue weighted by molar-refractivity contribution is 0.0172. The minimum atomic E-state index is -0.420. The van der Waals surface area contributed by atoms with Crippen molar-refractivity contribution in [3.05, 3.63) is 29.8 Å². The number of benzene rings is 1. The molecule has 0 spiro atoms. The Morgan fingerprint density at radius 2 is 1.75 bits per heavy atom. The van der Waals surface area contributed by atoms with Crippen molar-refractivity contribution in [1.82, 2.24) is 0 Å². The second kappa shape index (κ2) is 5.12. The van der Waals surface area contributed by atoms with Crippen molar-refractivity contribution in [1.29, 1.82) is 0 Å². The van der Waals surface area contributed by atoms with E-state index in [9.17, 15) is 4.79 Å². The standard InChI is InChI=1S/C13H18O3/c1-13(2,16-4)9-12(14)10-5-7-11(15-3)8-6-10/h5-8H,9H2,1-4H3. The number of ketones is 1. The monoisotopic (exact) mass is 222 g/mol. The Hall–Kier alpha value is -1.35. The Balaban J connectivity index is 2.73. The van der Waals surface area contributed by atoms with Crippen molar-refractivity contribution in [2.45, 2.75) is 25.9 Å². The van der Waals surface area contributed by atoms with Gasteiger partial charge in [0, 0.05) is 19.1 Å². The summed E-state index contributed by atoms with van der Waals surface area (Å²) in [5.74, 6) is 0.831. The van der Waals surface area contributed by atoms with Crippen molar-refractivity contribution in [3.63, 3.8) is 0 Å². The molecule has 0 aliphatic heterocycles. The van der Waals surface area contributed by atoms with Crippen LogP contribution in [-0.4, -0.2) is 25.6 Å². The third-order valence-electron chi connectivity index (χ3n) is 2.55. The third-order valence-corrected chi connectivity index (χ3v) is 2.55. The van der Waals surface area contributed by atoms with Gasteiger partial charge in [-0.2, -0.15) is 0 Å². The number of Topliss-reactive ketones (excluding diaryl/α,β-unsaturated/α-hetero) is 1. The first-order valence-corrected chi connectivity index (χ1v) is 5.21. The van der Waals surface area contributed by atoms with Gasteiger partial charge in [0.25, 0.3) is 0 Å². The zero-order valence-corrected chi connectivity index (χ0v) is 10.2. The van der Waals surface area contributed by atoms with Gasteiger partial charge in [0.15, 0.2) is 5.78 Å². The molecule has 0 aliphatic rings. The quantitative estimate of drug-likeness (QED) is 0.718. The van der Waals surface area contributed by atoms with Crippen LogP contribution in [0, 0.1) is 0 Å². The van der Waals surface area contributed by atoms with Gasteiger partial charge in [0.05, 0.1) is 12.7 Å². The molecule has 0 amide bonds. The van der Waals surface area contributed by atoms with Gasteiger partial charge in [-0.1, -0.05) is 0 Å². The average Bonchev–Trinajstić information content (AvgIpc) is 2.28. The maximum atomic E-state index is 11.9. The first-order valence-electron chi connectivity index (χ1n) is 5.21. The second-order valence-corrected chi connectivity index (χ2v) is 4.29. The van der Waals surface area contributed by atoms with Gasteiger partial charge in [0.2, 0.25) is 0 Å². The lowest BCUT2D eigenvalue weighted by Crippen LogP contribution is -2.26. The van der Waals surface area contributed by atoms with Crippen LogP contribution in [0.25, 0.3) is 0 Å². The molecule has 1 rings (SSSR count). The number of carbonyl (C=O) groups is 1. The topological polar surface area (TPSA) is 35.5 Å². The van der Waals surface area contributed by atoms with Crippen LogP contribution in [0.1, 0.15) is 30.6 Å². The number of hydrogen-bond donors (Lipinski definition) is 0. The molecule has 0 saturated carbocycles. The van der Waals surface area contributed by atoms with Gasteiger partial charge in [0.1, 0.15) is 5.75 Å². The highest BCUT2D eigenvalue weighted by Crippen LogP contribution is 2.18. The second-order valence-electron chi connectivity index (χ2n) is 4.29. The van der Waals surface area contributed by atoms with E-state index >= 15 is 0 Å². The number of rotatable bonds is 5. The fourth-order valence-corrected chi connectivity index (χ4v) is 1.34. The molecule has 1 aromatic rings. The van der Waals surface area contributed by atoms with Crippen molar-refractivity contribution < 1.29 is 14.3 Å². The molecule has 0 saturated heterocycles. The maximum Gasteiger partial charge on any atom is 0.165 e. The van der Waals surface area contributed by atoms with Crippen LogP contribution in [0.2, 0.25) is 0 Å². The van der Waals surface area contributed by atoms with Crippen LogP contribution < -0.4 is 4.74 Å². The molecule has 3 heteroatoms. The van der Waals surface area contributed by atoms with Gasteiger partial charge in [-0.15, -0.1) is 0 Å². The van der Waals surface area contributed by atoms with Crippen LogP contribution >= 0.6 is 0 Å². The van der Waals surface area contributed by atoms with E-state index in [4.69, 9.17) is 9.47 Å². The molecule has 0 heterocycles. The summed E-state index contributed by atoms with van der Waals surface area (Å²) in [5, 5.41) is 0. The minimum absolute atomic E-state index is 0.0782. The van der Waals surface area contributed by atoms with E-state index in [1.54, 1.807) is 38.5 Å². The van der Waals surface area contributed by atoms with Crippen LogP contribution in [0.5, 0.6) is 5.75 Å². The zero-order valence-electron chi connectivity index (χ0n) is 10.2. The Morgan fingerprint density at radius 1 is 1.19 bits per heavy atom. The first-order chi connectivity index (χ1) is 7.48. The Labute approximate surface area is 96.4 Å². The Kier molecular flexibility index (Phi) is 4.07. The molecule has 0 fully saturated rings. The SMILES string of the molecule is COc1ccc(C(=O)CC(C)(C)OC)cc1. The van der Waals surface area contributed by atoms with Gasteiger partial charge >= 0.3 is 0 Å². The molecule has 1 aromatic carbocycles. The van der Waals surface area contributed by atoms with E-state index in [-0.39, 0.29) is 5.78 Å². The summed E-state index contributed by atoms with van der Waals surface area (Å²) in [5.41, 5.74) is 0.266. The summed E-state index contributed by atoms with van der Waals surface area (Å²) in [6, 6.07) is 7.11. The fourth-order valence-electron chi connectivity index (χ4n) is 1.34. The van der Waals surface area contributed by atoms with E-state index in [0.29, 0.717) is 12.0 Å². The maximum absolute atomic E-state index is 11.9. The molecule has 0 bridgehead atoms. The van der Waals surface area contributed by atoms with Gasteiger partial charge in [-0.25, -0.2) is 0 Å². The number of ether oxygens (including phenoxy) is 2. The number of carbonyl (C=O) groups excluding carboxylic acids is 1. The third kappa shape index (κ3) is 3.35. The largest absolute Gasteiger partial charge is 0.497 e. The summed E-state index contributed by atoms with van der Waals surface area (Å²) in [7, 11) is 3.21. The Bertz CT molecular complexity index is 352. The van der Waals surface area contributed by atoms with Gasteiger partial charge < -0.3 is 9.47 Å². The molecular weight excluding hydrogens is 204 g/mol. The molecule has 88 valence electrons. The lowest BCUT2D eigenvalue weighted by Gasteiger charge is -2.21.